The number of carboxylic acid groups (broad SMARTS) is 1. The van der Waals surface area contributed by atoms with Gasteiger partial charge in [0.2, 0.25) is 6.20 Å². The summed E-state index contributed by atoms with van der Waals surface area (Å²) in [6.07, 6.45) is 1.75. The number of carbonyl (C=O) groups is 1. The zero-order valence-corrected chi connectivity index (χ0v) is 9.47. The maximum atomic E-state index is 10.9. The maximum absolute atomic E-state index is 10.9. The van der Waals surface area contributed by atoms with E-state index in [0.29, 0.717) is 10.7 Å². The Morgan fingerprint density at radius 3 is 2.81 bits per heavy atom. The molecule has 6 nitrogen and oxygen atoms in total. The second-order valence-corrected chi connectivity index (χ2v) is 3.66. The van der Waals surface area contributed by atoms with Crippen molar-refractivity contribution in [2.24, 2.45) is 0 Å². The largest absolute Gasteiger partial charge is 0.478 e. The van der Waals surface area contributed by atoms with Crippen LogP contribution in [0.2, 0.25) is 0 Å². The van der Waals surface area contributed by atoms with Gasteiger partial charge in [0.05, 0.1) is 22.4 Å². The summed E-state index contributed by atoms with van der Waals surface area (Å²) in [7, 11) is 0. The van der Waals surface area contributed by atoms with Crippen molar-refractivity contribution in [3.8, 4) is 0 Å². The highest BCUT2D eigenvalue weighted by Gasteiger charge is 2.09. The van der Waals surface area contributed by atoms with E-state index in [4.69, 9.17) is 5.11 Å². The van der Waals surface area contributed by atoms with Crippen LogP contribution in [0, 0.1) is 10.1 Å². The summed E-state index contributed by atoms with van der Waals surface area (Å²) in [5.41, 5.74) is 0.316. The van der Waals surface area contributed by atoms with Gasteiger partial charge in [0.25, 0.3) is 0 Å². The third-order valence-electron chi connectivity index (χ3n) is 1.65. The molecule has 1 aromatic rings. The van der Waals surface area contributed by atoms with Crippen molar-refractivity contribution in [2.45, 2.75) is 0 Å². The molecule has 7 heteroatoms. The van der Waals surface area contributed by atoms with E-state index in [-0.39, 0.29) is 11.3 Å². The lowest BCUT2D eigenvalue weighted by molar-refractivity contribution is -0.402. The molecule has 84 valence electrons. The number of aromatic carboxylic acids is 1. The summed E-state index contributed by atoms with van der Waals surface area (Å²) in [5, 5.41) is 21.4. The third-order valence-corrected chi connectivity index (χ3v) is 2.14. The molecule has 0 aromatic heterocycles. The van der Waals surface area contributed by atoms with Gasteiger partial charge in [-0.15, -0.1) is 0 Å². The third kappa shape index (κ3) is 3.35. The summed E-state index contributed by atoms with van der Waals surface area (Å²) >= 11 is 3.14. The fraction of sp³-hybridized carbons (Fsp3) is 0. The molecule has 1 aromatic carbocycles. The smallest absolute Gasteiger partial charge is 0.337 e. The molecule has 0 aliphatic carbocycles. The SMILES string of the molecule is O=C(O)c1cc(Br)ccc1N/C=C/[N+](=O)[O-]. The average molecular weight is 287 g/mol. The predicted octanol–water partition coefficient (Wildman–Crippen LogP) is 2.31. The molecule has 0 aliphatic rings. The second kappa shape index (κ2) is 5.26. The highest BCUT2D eigenvalue weighted by atomic mass is 79.9. The van der Waals surface area contributed by atoms with Crippen LogP contribution >= 0.6 is 15.9 Å². The van der Waals surface area contributed by atoms with Crippen molar-refractivity contribution < 1.29 is 14.8 Å². The lowest BCUT2D eigenvalue weighted by atomic mass is 10.2. The van der Waals surface area contributed by atoms with Gasteiger partial charge in [0.1, 0.15) is 0 Å². The number of anilines is 1. The van der Waals surface area contributed by atoms with Crippen LogP contribution in [-0.2, 0) is 0 Å². The van der Waals surface area contributed by atoms with Gasteiger partial charge in [-0.2, -0.15) is 0 Å². The standard InChI is InChI=1S/C9H7BrN2O4/c10-6-1-2-8(7(5-6)9(13)14)11-3-4-12(15)16/h1-5,11H,(H,13,14)/b4-3+. The first-order valence-electron chi connectivity index (χ1n) is 4.10. The molecule has 0 atom stereocenters. The molecule has 0 heterocycles. The Morgan fingerprint density at radius 1 is 1.56 bits per heavy atom. The van der Waals surface area contributed by atoms with Crippen molar-refractivity contribution >= 4 is 27.6 Å². The number of benzene rings is 1. The van der Waals surface area contributed by atoms with E-state index in [9.17, 15) is 14.9 Å². The lowest BCUT2D eigenvalue weighted by Gasteiger charge is -2.05. The van der Waals surface area contributed by atoms with E-state index in [0.717, 1.165) is 6.20 Å². The number of rotatable bonds is 4. The van der Waals surface area contributed by atoms with Crippen LogP contribution < -0.4 is 5.32 Å². The molecule has 1 rings (SSSR count). The monoisotopic (exact) mass is 286 g/mol. The van der Waals surface area contributed by atoms with E-state index in [2.05, 4.69) is 21.2 Å². The Kier molecular flexibility index (Phi) is 4.01. The Bertz CT molecular complexity index is 459. The fourth-order valence-corrected chi connectivity index (χ4v) is 1.37. The van der Waals surface area contributed by atoms with Crippen LogP contribution in [-0.4, -0.2) is 16.0 Å². The van der Waals surface area contributed by atoms with Gasteiger partial charge in [0.15, 0.2) is 0 Å². The number of halogens is 1. The van der Waals surface area contributed by atoms with E-state index in [1.54, 1.807) is 6.07 Å². The first kappa shape index (κ1) is 12.2. The van der Waals surface area contributed by atoms with Crippen LogP contribution in [0.5, 0.6) is 0 Å². The Labute approximate surface area is 98.9 Å². The predicted molar refractivity (Wildman–Crippen MR) is 60.9 cm³/mol. The van der Waals surface area contributed by atoms with Gasteiger partial charge < -0.3 is 10.4 Å². The molecular weight excluding hydrogens is 280 g/mol. The Hall–Kier alpha value is -1.89. The highest BCUT2D eigenvalue weighted by molar-refractivity contribution is 9.10. The molecule has 2 N–H and O–H groups in total. The van der Waals surface area contributed by atoms with Gasteiger partial charge >= 0.3 is 5.97 Å². The Balaban J connectivity index is 2.95. The quantitative estimate of drug-likeness (QED) is 0.654. The van der Waals surface area contributed by atoms with Crippen LogP contribution in [0.25, 0.3) is 0 Å². The molecule has 0 unspecified atom stereocenters. The number of nitrogens with one attached hydrogen (secondary N) is 1. The van der Waals surface area contributed by atoms with Gasteiger partial charge in [0, 0.05) is 4.47 Å². The zero-order chi connectivity index (χ0) is 12.1. The van der Waals surface area contributed by atoms with Crippen molar-refractivity contribution in [1.29, 1.82) is 0 Å². The van der Waals surface area contributed by atoms with E-state index < -0.39 is 10.9 Å². The van der Waals surface area contributed by atoms with Crippen LogP contribution in [0.4, 0.5) is 5.69 Å². The molecule has 0 aliphatic heterocycles. The molecular formula is C9H7BrN2O4. The summed E-state index contributed by atoms with van der Waals surface area (Å²) in [5.74, 6) is -1.11. The number of hydrogen-bond donors (Lipinski definition) is 2. The van der Waals surface area contributed by atoms with Crippen LogP contribution in [0.15, 0.2) is 35.1 Å². The van der Waals surface area contributed by atoms with Gasteiger partial charge in [-0.05, 0) is 18.2 Å². The summed E-state index contributed by atoms with van der Waals surface area (Å²) < 4.78 is 0.619. The normalized spacial score (nSPS) is 10.3. The number of nitro groups is 1. The van der Waals surface area contributed by atoms with Gasteiger partial charge in [-0.3, -0.25) is 10.1 Å². The number of carboxylic acids is 1. The first-order valence-corrected chi connectivity index (χ1v) is 4.89. The zero-order valence-electron chi connectivity index (χ0n) is 7.88. The molecule has 0 radical (unpaired) electrons. The average Bonchev–Trinajstić information content (AvgIpc) is 2.19. The topological polar surface area (TPSA) is 92.5 Å². The second-order valence-electron chi connectivity index (χ2n) is 2.74. The van der Waals surface area contributed by atoms with Crippen LogP contribution in [0.1, 0.15) is 10.4 Å². The molecule has 0 saturated heterocycles. The molecule has 16 heavy (non-hydrogen) atoms. The van der Waals surface area contributed by atoms with E-state index >= 15 is 0 Å². The van der Waals surface area contributed by atoms with Crippen molar-refractivity contribution in [3.63, 3.8) is 0 Å². The maximum Gasteiger partial charge on any atom is 0.337 e. The highest BCUT2D eigenvalue weighted by Crippen LogP contribution is 2.21. The van der Waals surface area contributed by atoms with E-state index in [1.807, 2.05) is 0 Å². The van der Waals surface area contributed by atoms with Crippen molar-refractivity contribution in [3.05, 3.63) is 50.7 Å². The fourth-order valence-electron chi connectivity index (χ4n) is 1.01. The van der Waals surface area contributed by atoms with Crippen molar-refractivity contribution in [2.75, 3.05) is 5.32 Å². The summed E-state index contributed by atoms with van der Waals surface area (Å²) in [4.78, 5) is 20.2. The lowest BCUT2D eigenvalue weighted by Crippen LogP contribution is -2.02. The molecule has 0 amide bonds. The minimum Gasteiger partial charge on any atom is -0.478 e. The minimum absolute atomic E-state index is 0.0300. The van der Waals surface area contributed by atoms with Gasteiger partial charge in [-0.25, -0.2) is 4.79 Å². The van der Waals surface area contributed by atoms with E-state index in [1.165, 1.54) is 12.1 Å². The number of hydrogen-bond acceptors (Lipinski definition) is 4. The van der Waals surface area contributed by atoms with Crippen LogP contribution in [0.3, 0.4) is 0 Å². The molecule has 0 fully saturated rings. The van der Waals surface area contributed by atoms with Crippen molar-refractivity contribution in [1.82, 2.24) is 0 Å². The summed E-state index contributed by atoms with van der Waals surface area (Å²) in [6, 6.07) is 4.55. The molecule has 0 spiro atoms. The van der Waals surface area contributed by atoms with Gasteiger partial charge in [-0.1, -0.05) is 15.9 Å². The minimum atomic E-state index is -1.11. The summed E-state index contributed by atoms with van der Waals surface area (Å²) in [6.45, 7) is 0. The first-order chi connectivity index (χ1) is 7.50. The number of nitrogens with zero attached hydrogens (tertiary/aromatic N) is 1. The Morgan fingerprint density at radius 2 is 2.25 bits per heavy atom. The molecule has 0 saturated carbocycles. The molecule has 0 bridgehead atoms.